The Morgan fingerprint density at radius 1 is 1.33 bits per heavy atom. The molecule has 104 valence electrons. The molecule has 1 amide bonds. The number of carboxylic acid groups (broad SMARTS) is 1. The lowest BCUT2D eigenvalue weighted by Gasteiger charge is -2.31. The van der Waals surface area contributed by atoms with E-state index in [9.17, 15) is 9.59 Å². The van der Waals surface area contributed by atoms with E-state index in [4.69, 9.17) is 9.84 Å². The fourth-order valence-electron chi connectivity index (χ4n) is 2.24. The van der Waals surface area contributed by atoms with Crippen molar-refractivity contribution in [3.05, 3.63) is 0 Å². The number of carboxylic acids is 1. The van der Waals surface area contributed by atoms with Gasteiger partial charge in [0.15, 0.2) is 0 Å². The maximum absolute atomic E-state index is 12.2. The number of hydrogen-bond donors (Lipinski definition) is 1. The summed E-state index contributed by atoms with van der Waals surface area (Å²) in [6.07, 6.45) is 0.420. The Bertz CT molecular complexity index is 321. The Hall–Kier alpha value is -1.10. The third-order valence-corrected chi connectivity index (χ3v) is 3.11. The first kappa shape index (κ1) is 15.0. The van der Waals surface area contributed by atoms with E-state index >= 15 is 0 Å². The standard InChI is InChI=1S/C13H23NO4/c1-5-14(11(15)6-13(2,3)4)10-8-18-7-9(10)12(16)17/h9-10H,5-8H2,1-4H3,(H,16,17). The van der Waals surface area contributed by atoms with Gasteiger partial charge in [-0.15, -0.1) is 0 Å². The van der Waals surface area contributed by atoms with Crippen LogP contribution in [0.1, 0.15) is 34.1 Å². The molecular formula is C13H23NO4. The second kappa shape index (κ2) is 5.69. The molecule has 0 aromatic rings. The topological polar surface area (TPSA) is 66.8 Å². The van der Waals surface area contributed by atoms with Crippen molar-refractivity contribution in [3.63, 3.8) is 0 Å². The molecule has 1 N–H and O–H groups in total. The highest BCUT2D eigenvalue weighted by Gasteiger charge is 2.39. The second-order valence-electron chi connectivity index (χ2n) is 5.97. The Balaban J connectivity index is 2.76. The molecule has 0 aromatic carbocycles. The van der Waals surface area contributed by atoms with Gasteiger partial charge in [-0.2, -0.15) is 0 Å². The van der Waals surface area contributed by atoms with Gasteiger partial charge in [0, 0.05) is 13.0 Å². The summed E-state index contributed by atoms with van der Waals surface area (Å²) in [6.45, 7) is 8.90. The summed E-state index contributed by atoms with van der Waals surface area (Å²) < 4.78 is 5.22. The predicted octanol–water partition coefficient (Wildman–Crippen LogP) is 1.37. The molecule has 5 heteroatoms. The van der Waals surface area contributed by atoms with Gasteiger partial charge in [0.1, 0.15) is 5.92 Å². The van der Waals surface area contributed by atoms with Gasteiger partial charge in [-0.1, -0.05) is 20.8 Å². The van der Waals surface area contributed by atoms with Gasteiger partial charge >= 0.3 is 5.97 Å². The van der Waals surface area contributed by atoms with Crippen molar-refractivity contribution >= 4 is 11.9 Å². The Kier molecular flexibility index (Phi) is 4.73. The van der Waals surface area contributed by atoms with E-state index in [1.54, 1.807) is 4.90 Å². The first-order chi connectivity index (χ1) is 8.26. The molecule has 2 atom stereocenters. The van der Waals surface area contributed by atoms with Gasteiger partial charge in [-0.05, 0) is 12.3 Å². The first-order valence-electron chi connectivity index (χ1n) is 6.36. The van der Waals surface area contributed by atoms with Crippen LogP contribution in [0.5, 0.6) is 0 Å². The van der Waals surface area contributed by atoms with E-state index in [1.807, 2.05) is 27.7 Å². The second-order valence-corrected chi connectivity index (χ2v) is 5.97. The molecule has 0 aromatic heterocycles. The molecule has 1 fully saturated rings. The molecular weight excluding hydrogens is 234 g/mol. The maximum atomic E-state index is 12.2. The summed E-state index contributed by atoms with van der Waals surface area (Å²) in [5.41, 5.74) is -0.0946. The fourth-order valence-corrected chi connectivity index (χ4v) is 2.24. The van der Waals surface area contributed by atoms with E-state index in [-0.39, 0.29) is 24.0 Å². The van der Waals surface area contributed by atoms with Crippen molar-refractivity contribution in [3.8, 4) is 0 Å². The zero-order valence-electron chi connectivity index (χ0n) is 11.6. The van der Waals surface area contributed by atoms with Gasteiger partial charge in [0.25, 0.3) is 0 Å². The molecule has 1 heterocycles. The monoisotopic (exact) mass is 257 g/mol. The van der Waals surface area contributed by atoms with Crippen molar-refractivity contribution in [2.75, 3.05) is 19.8 Å². The summed E-state index contributed by atoms with van der Waals surface area (Å²) in [7, 11) is 0. The van der Waals surface area contributed by atoms with Crippen LogP contribution in [-0.2, 0) is 14.3 Å². The average molecular weight is 257 g/mol. The SMILES string of the molecule is CCN(C(=O)CC(C)(C)C)C1COCC1C(=O)O. The summed E-state index contributed by atoms with van der Waals surface area (Å²) >= 11 is 0. The van der Waals surface area contributed by atoms with Crippen LogP contribution in [-0.4, -0.2) is 47.7 Å². The van der Waals surface area contributed by atoms with Crippen LogP contribution in [0.25, 0.3) is 0 Å². The number of amides is 1. The van der Waals surface area contributed by atoms with E-state index in [0.29, 0.717) is 19.6 Å². The molecule has 5 nitrogen and oxygen atoms in total. The number of nitrogens with zero attached hydrogens (tertiary/aromatic N) is 1. The Labute approximate surface area is 108 Å². The van der Waals surface area contributed by atoms with E-state index in [1.165, 1.54) is 0 Å². The highest BCUT2D eigenvalue weighted by Crippen LogP contribution is 2.25. The van der Waals surface area contributed by atoms with Crippen molar-refractivity contribution in [1.29, 1.82) is 0 Å². The zero-order valence-corrected chi connectivity index (χ0v) is 11.6. The minimum Gasteiger partial charge on any atom is -0.481 e. The molecule has 0 spiro atoms. The summed E-state index contributed by atoms with van der Waals surface area (Å²) in [4.78, 5) is 25.0. The predicted molar refractivity (Wildman–Crippen MR) is 67.2 cm³/mol. The molecule has 1 aliphatic heterocycles. The van der Waals surface area contributed by atoms with Crippen LogP contribution in [0.3, 0.4) is 0 Å². The summed E-state index contributed by atoms with van der Waals surface area (Å²) in [5, 5.41) is 9.12. The minimum absolute atomic E-state index is 0.00625. The number of rotatable bonds is 4. The maximum Gasteiger partial charge on any atom is 0.311 e. The zero-order chi connectivity index (χ0) is 13.9. The molecule has 1 rings (SSSR count). The summed E-state index contributed by atoms with van der Waals surface area (Å²) in [6, 6.07) is -0.331. The number of carbonyl (C=O) groups is 2. The highest BCUT2D eigenvalue weighted by atomic mass is 16.5. The molecule has 1 saturated heterocycles. The van der Waals surface area contributed by atoms with Crippen molar-refractivity contribution < 1.29 is 19.4 Å². The van der Waals surface area contributed by atoms with E-state index < -0.39 is 11.9 Å². The number of ether oxygens (including phenoxy) is 1. The molecule has 18 heavy (non-hydrogen) atoms. The normalized spacial score (nSPS) is 24.0. The number of likely N-dealkylation sites (N-methyl/N-ethyl adjacent to an activating group) is 1. The van der Waals surface area contributed by atoms with Crippen LogP contribution in [0.4, 0.5) is 0 Å². The van der Waals surface area contributed by atoms with Gasteiger partial charge in [0.05, 0.1) is 19.3 Å². The summed E-state index contributed by atoms with van der Waals surface area (Å²) in [5.74, 6) is -1.49. The van der Waals surface area contributed by atoms with Crippen molar-refractivity contribution in [1.82, 2.24) is 4.90 Å². The minimum atomic E-state index is -0.889. The van der Waals surface area contributed by atoms with Crippen LogP contribution in [0, 0.1) is 11.3 Å². The number of aliphatic carboxylic acids is 1. The van der Waals surface area contributed by atoms with Crippen molar-refractivity contribution in [2.45, 2.75) is 40.2 Å². The lowest BCUT2D eigenvalue weighted by atomic mass is 9.90. The van der Waals surface area contributed by atoms with Crippen LogP contribution in [0.15, 0.2) is 0 Å². The lowest BCUT2D eigenvalue weighted by Crippen LogP contribution is -2.47. The largest absolute Gasteiger partial charge is 0.481 e. The fraction of sp³-hybridized carbons (Fsp3) is 0.846. The van der Waals surface area contributed by atoms with Crippen LogP contribution < -0.4 is 0 Å². The van der Waals surface area contributed by atoms with Crippen LogP contribution in [0.2, 0.25) is 0 Å². The molecule has 0 bridgehead atoms. The molecule has 2 unspecified atom stereocenters. The van der Waals surface area contributed by atoms with E-state index in [0.717, 1.165) is 0 Å². The quantitative estimate of drug-likeness (QED) is 0.826. The van der Waals surface area contributed by atoms with Gasteiger partial charge < -0.3 is 14.7 Å². The van der Waals surface area contributed by atoms with Gasteiger partial charge in [0.2, 0.25) is 5.91 Å². The molecule has 1 aliphatic rings. The molecule has 0 radical (unpaired) electrons. The highest BCUT2D eigenvalue weighted by molar-refractivity contribution is 5.79. The smallest absolute Gasteiger partial charge is 0.311 e. The van der Waals surface area contributed by atoms with Gasteiger partial charge in [-0.25, -0.2) is 0 Å². The van der Waals surface area contributed by atoms with E-state index in [2.05, 4.69) is 0 Å². The lowest BCUT2D eigenvalue weighted by molar-refractivity contribution is -0.145. The third kappa shape index (κ3) is 3.70. The average Bonchev–Trinajstić information content (AvgIpc) is 2.64. The molecule has 0 aliphatic carbocycles. The number of carbonyl (C=O) groups excluding carboxylic acids is 1. The van der Waals surface area contributed by atoms with Gasteiger partial charge in [-0.3, -0.25) is 9.59 Å². The number of hydrogen-bond acceptors (Lipinski definition) is 3. The first-order valence-corrected chi connectivity index (χ1v) is 6.36. The third-order valence-electron chi connectivity index (χ3n) is 3.11. The van der Waals surface area contributed by atoms with Crippen molar-refractivity contribution in [2.24, 2.45) is 11.3 Å². The Morgan fingerprint density at radius 2 is 1.94 bits per heavy atom. The Morgan fingerprint density at radius 3 is 2.39 bits per heavy atom. The van der Waals surface area contributed by atoms with Crippen LogP contribution >= 0.6 is 0 Å². The molecule has 0 saturated carbocycles.